The molecule has 2 nitrogen and oxygen atoms in total. The Morgan fingerprint density at radius 3 is 1.94 bits per heavy atom. The molecule has 178 valence electrons. The van der Waals surface area contributed by atoms with Gasteiger partial charge in [-0.15, -0.1) is 0 Å². The lowest BCUT2D eigenvalue weighted by atomic mass is 9.72. The quantitative estimate of drug-likeness (QED) is 0.364. The van der Waals surface area contributed by atoms with Crippen LogP contribution in [0.1, 0.15) is 119 Å². The average molecular weight is 431 g/mol. The summed E-state index contributed by atoms with van der Waals surface area (Å²) in [6.45, 7) is 20.8. The van der Waals surface area contributed by atoms with Gasteiger partial charge in [-0.1, -0.05) is 74.4 Å². The minimum Gasteiger partial charge on any atom is -0.465 e. The average Bonchev–Trinajstić information content (AvgIpc) is 2.65. The van der Waals surface area contributed by atoms with Crippen LogP contribution in [-0.2, 0) is 4.74 Å². The molecule has 1 saturated carbocycles. The van der Waals surface area contributed by atoms with E-state index in [0.717, 1.165) is 36.8 Å². The van der Waals surface area contributed by atoms with Gasteiger partial charge in [-0.25, -0.2) is 0 Å². The van der Waals surface area contributed by atoms with Crippen LogP contribution in [0.4, 0.5) is 0 Å². The molecular formula is C29H50O2. The van der Waals surface area contributed by atoms with Crippen LogP contribution in [-0.4, -0.2) is 12.4 Å². The minimum atomic E-state index is -0.181. The van der Waals surface area contributed by atoms with E-state index in [-0.39, 0.29) is 11.7 Å². The van der Waals surface area contributed by atoms with Gasteiger partial charge in [0, 0.05) is 6.42 Å². The predicted molar refractivity (Wildman–Crippen MR) is 134 cm³/mol. The Labute approximate surface area is 193 Å². The van der Waals surface area contributed by atoms with Crippen molar-refractivity contribution in [2.75, 3.05) is 0 Å². The molecule has 31 heavy (non-hydrogen) atoms. The van der Waals surface area contributed by atoms with E-state index in [4.69, 9.17) is 9.47 Å². The van der Waals surface area contributed by atoms with E-state index in [1.165, 1.54) is 31.2 Å². The molecule has 2 atom stereocenters. The molecule has 1 aromatic carbocycles. The van der Waals surface area contributed by atoms with Crippen molar-refractivity contribution in [3.05, 3.63) is 29.8 Å². The molecule has 0 saturated heterocycles. The Bertz CT molecular complexity index is 624. The normalized spacial score (nSPS) is 22.4. The Balaban J connectivity index is 2.01. The van der Waals surface area contributed by atoms with Crippen molar-refractivity contribution in [3.8, 4) is 5.75 Å². The topological polar surface area (TPSA) is 18.5 Å². The van der Waals surface area contributed by atoms with Crippen LogP contribution < -0.4 is 4.74 Å². The van der Waals surface area contributed by atoms with Crippen LogP contribution in [0.25, 0.3) is 0 Å². The summed E-state index contributed by atoms with van der Waals surface area (Å²) >= 11 is 0. The maximum absolute atomic E-state index is 6.56. The van der Waals surface area contributed by atoms with Gasteiger partial charge in [-0.2, -0.15) is 0 Å². The molecule has 0 spiro atoms. The molecule has 0 N–H and O–H groups in total. The highest BCUT2D eigenvalue weighted by Crippen LogP contribution is 2.39. The van der Waals surface area contributed by atoms with Crippen LogP contribution in [0, 0.1) is 22.7 Å². The summed E-state index contributed by atoms with van der Waals surface area (Å²) in [5, 5.41) is 0. The standard InChI is InChI=1S/C29H50O2/c1-10-22(19-21(2)3)23-11-15-25(16-12-23)30-27(20-28(4,5)6)31-26-17-13-24(14-18-26)29(7,8)9/h11-12,15-16,21-22,24,26-27H,10,13-14,17-20H2,1-9H3. The van der Waals surface area contributed by atoms with Gasteiger partial charge < -0.3 is 9.47 Å². The van der Waals surface area contributed by atoms with Gasteiger partial charge in [-0.3, -0.25) is 0 Å². The Morgan fingerprint density at radius 2 is 1.48 bits per heavy atom. The molecule has 1 aromatic rings. The summed E-state index contributed by atoms with van der Waals surface area (Å²) in [6, 6.07) is 8.81. The first-order valence-corrected chi connectivity index (χ1v) is 12.8. The van der Waals surface area contributed by atoms with Crippen LogP contribution in [0.2, 0.25) is 0 Å². The van der Waals surface area contributed by atoms with Gasteiger partial charge in [0.05, 0.1) is 6.10 Å². The lowest BCUT2D eigenvalue weighted by Gasteiger charge is -2.38. The molecule has 0 aromatic heterocycles. The van der Waals surface area contributed by atoms with Crippen LogP contribution in [0.15, 0.2) is 24.3 Å². The fourth-order valence-corrected chi connectivity index (χ4v) is 4.97. The van der Waals surface area contributed by atoms with E-state index in [1.807, 2.05) is 0 Å². The Hall–Kier alpha value is -1.02. The molecule has 1 aliphatic carbocycles. The summed E-state index contributed by atoms with van der Waals surface area (Å²) in [5.74, 6) is 3.09. The molecule has 2 unspecified atom stereocenters. The van der Waals surface area contributed by atoms with E-state index in [2.05, 4.69) is 86.6 Å². The molecule has 0 aliphatic heterocycles. The van der Waals surface area contributed by atoms with Gasteiger partial charge >= 0.3 is 0 Å². The van der Waals surface area contributed by atoms with Crippen molar-refractivity contribution in [2.24, 2.45) is 22.7 Å². The maximum Gasteiger partial charge on any atom is 0.200 e. The highest BCUT2D eigenvalue weighted by atomic mass is 16.7. The van der Waals surface area contributed by atoms with E-state index in [9.17, 15) is 0 Å². The molecular weight excluding hydrogens is 380 g/mol. The third-order valence-corrected chi connectivity index (χ3v) is 6.89. The maximum atomic E-state index is 6.56. The van der Waals surface area contributed by atoms with Gasteiger partial charge in [0.15, 0.2) is 0 Å². The molecule has 2 rings (SSSR count). The summed E-state index contributed by atoms with van der Waals surface area (Å²) in [7, 11) is 0. The van der Waals surface area contributed by atoms with Crippen molar-refractivity contribution in [3.63, 3.8) is 0 Å². The lowest BCUT2D eigenvalue weighted by molar-refractivity contribution is -0.147. The van der Waals surface area contributed by atoms with Crippen molar-refractivity contribution < 1.29 is 9.47 Å². The van der Waals surface area contributed by atoms with Crippen molar-refractivity contribution >= 4 is 0 Å². The molecule has 1 fully saturated rings. The highest BCUT2D eigenvalue weighted by molar-refractivity contribution is 5.29. The number of ether oxygens (including phenoxy) is 2. The van der Waals surface area contributed by atoms with Crippen molar-refractivity contribution in [2.45, 2.75) is 126 Å². The second-order valence-corrected chi connectivity index (χ2v) is 12.6. The van der Waals surface area contributed by atoms with Crippen molar-refractivity contribution in [1.29, 1.82) is 0 Å². The zero-order valence-corrected chi connectivity index (χ0v) is 22.0. The monoisotopic (exact) mass is 430 g/mol. The summed E-state index contributed by atoms with van der Waals surface area (Å²) < 4.78 is 13.0. The van der Waals surface area contributed by atoms with E-state index < -0.39 is 0 Å². The summed E-state index contributed by atoms with van der Waals surface area (Å²) in [5.41, 5.74) is 2.00. The fourth-order valence-electron chi connectivity index (χ4n) is 4.97. The largest absolute Gasteiger partial charge is 0.465 e. The molecule has 0 bridgehead atoms. The van der Waals surface area contributed by atoms with E-state index >= 15 is 0 Å². The second kappa shape index (κ2) is 11.2. The number of rotatable bonds is 9. The summed E-state index contributed by atoms with van der Waals surface area (Å²) in [6.07, 6.45) is 8.30. The van der Waals surface area contributed by atoms with Gasteiger partial charge in [0.25, 0.3) is 0 Å². The van der Waals surface area contributed by atoms with Gasteiger partial charge in [0.1, 0.15) is 5.75 Å². The third kappa shape index (κ3) is 9.16. The SMILES string of the molecule is CCC(CC(C)C)c1ccc(OC(CC(C)(C)C)OC2CCC(C(C)(C)C)CC2)cc1. The molecule has 0 heterocycles. The fraction of sp³-hybridized carbons (Fsp3) is 0.793. The smallest absolute Gasteiger partial charge is 0.200 e. The first-order chi connectivity index (χ1) is 14.4. The number of hydrogen-bond donors (Lipinski definition) is 0. The zero-order valence-electron chi connectivity index (χ0n) is 22.0. The number of hydrogen-bond acceptors (Lipinski definition) is 2. The van der Waals surface area contributed by atoms with Crippen molar-refractivity contribution in [1.82, 2.24) is 0 Å². The van der Waals surface area contributed by atoms with Crippen LogP contribution in [0.5, 0.6) is 5.75 Å². The number of benzene rings is 1. The van der Waals surface area contributed by atoms with Crippen LogP contribution >= 0.6 is 0 Å². The molecule has 2 heteroatoms. The minimum absolute atomic E-state index is 0.164. The predicted octanol–water partition coefficient (Wildman–Crippen LogP) is 8.99. The lowest BCUT2D eigenvalue weighted by Crippen LogP contribution is -2.35. The van der Waals surface area contributed by atoms with Gasteiger partial charge in [-0.05, 0) is 84.8 Å². The summed E-state index contributed by atoms with van der Waals surface area (Å²) in [4.78, 5) is 0. The Morgan fingerprint density at radius 1 is 0.903 bits per heavy atom. The first-order valence-electron chi connectivity index (χ1n) is 12.8. The van der Waals surface area contributed by atoms with Crippen LogP contribution in [0.3, 0.4) is 0 Å². The molecule has 0 radical (unpaired) electrons. The van der Waals surface area contributed by atoms with E-state index in [1.54, 1.807) is 0 Å². The van der Waals surface area contributed by atoms with E-state index in [0.29, 0.717) is 17.4 Å². The zero-order chi connectivity index (χ0) is 23.2. The highest BCUT2D eigenvalue weighted by Gasteiger charge is 2.32. The molecule has 1 aliphatic rings. The Kier molecular flexibility index (Phi) is 9.49. The third-order valence-electron chi connectivity index (χ3n) is 6.89. The second-order valence-electron chi connectivity index (χ2n) is 12.6. The van der Waals surface area contributed by atoms with Gasteiger partial charge in [0.2, 0.25) is 6.29 Å². The first kappa shape index (κ1) is 26.2. The molecule has 0 amide bonds.